The van der Waals surface area contributed by atoms with Crippen LogP contribution in [0.25, 0.3) is 0 Å². The highest BCUT2D eigenvalue weighted by Crippen LogP contribution is 2.29. The van der Waals surface area contributed by atoms with Gasteiger partial charge in [0.25, 0.3) is 0 Å². The van der Waals surface area contributed by atoms with E-state index in [1.54, 1.807) is 12.1 Å². The van der Waals surface area contributed by atoms with Gasteiger partial charge in [0, 0.05) is 11.1 Å². The summed E-state index contributed by atoms with van der Waals surface area (Å²) in [6.45, 7) is 0. The molecule has 0 aromatic heterocycles. The maximum Gasteiger partial charge on any atom is 0.242 e. The molecule has 1 aliphatic rings. The number of hydrogen-bond acceptors (Lipinski definition) is 1. The van der Waals surface area contributed by atoms with Crippen LogP contribution in [0.5, 0.6) is 0 Å². The summed E-state index contributed by atoms with van der Waals surface area (Å²) in [5, 5.41) is 2.69. The lowest BCUT2D eigenvalue weighted by Gasteiger charge is -2.11. The van der Waals surface area contributed by atoms with Crippen LogP contribution >= 0.6 is 23.2 Å². The third-order valence-electron chi connectivity index (χ3n) is 2.33. The topological polar surface area (TPSA) is 29.1 Å². The van der Waals surface area contributed by atoms with Gasteiger partial charge in [-0.1, -0.05) is 29.8 Å². The number of alkyl halides is 1. The van der Waals surface area contributed by atoms with E-state index in [0.717, 1.165) is 12.8 Å². The molecule has 0 radical (unpaired) electrons. The summed E-state index contributed by atoms with van der Waals surface area (Å²) in [4.78, 5) is 11.6. The Balaban J connectivity index is 2.08. The van der Waals surface area contributed by atoms with Crippen molar-refractivity contribution < 1.29 is 4.79 Å². The predicted molar refractivity (Wildman–Crippen MR) is 61.2 cm³/mol. The highest BCUT2D eigenvalue weighted by atomic mass is 35.5. The maximum absolute atomic E-state index is 11.6. The lowest BCUT2D eigenvalue weighted by molar-refractivity contribution is -0.121. The summed E-state index contributed by atoms with van der Waals surface area (Å²) in [6.07, 6.45) is 2.11. The molecule has 0 saturated heterocycles. The average molecular weight is 244 g/mol. The SMILES string of the molecule is O=C(NC1CC1)C(Cl)c1ccccc1Cl. The number of carbonyl (C=O) groups is 1. The number of rotatable bonds is 3. The average Bonchev–Trinajstić information content (AvgIpc) is 3.01. The zero-order valence-electron chi connectivity index (χ0n) is 8.04. The first-order valence-corrected chi connectivity index (χ1v) is 5.69. The van der Waals surface area contributed by atoms with Crippen molar-refractivity contribution in [1.29, 1.82) is 0 Å². The fourth-order valence-electron chi connectivity index (χ4n) is 1.32. The standard InChI is InChI=1S/C11H11Cl2NO/c12-9-4-2-1-3-8(9)10(13)11(15)14-7-5-6-7/h1-4,7,10H,5-6H2,(H,14,15). The Kier molecular flexibility index (Phi) is 3.17. The van der Waals surface area contributed by atoms with Gasteiger partial charge in [-0.2, -0.15) is 0 Å². The summed E-state index contributed by atoms with van der Waals surface area (Å²) < 4.78 is 0. The number of halogens is 2. The minimum absolute atomic E-state index is 0.160. The molecular formula is C11H11Cl2NO. The smallest absolute Gasteiger partial charge is 0.242 e. The van der Waals surface area contributed by atoms with Crippen LogP contribution in [0.15, 0.2) is 24.3 Å². The van der Waals surface area contributed by atoms with Crippen LogP contribution in [0.2, 0.25) is 5.02 Å². The van der Waals surface area contributed by atoms with Gasteiger partial charge >= 0.3 is 0 Å². The molecular weight excluding hydrogens is 233 g/mol. The highest BCUT2D eigenvalue weighted by molar-refractivity contribution is 6.35. The lowest BCUT2D eigenvalue weighted by atomic mass is 10.1. The largest absolute Gasteiger partial charge is 0.352 e. The number of hydrogen-bond donors (Lipinski definition) is 1. The minimum atomic E-state index is -0.695. The molecule has 4 heteroatoms. The van der Waals surface area contributed by atoms with Crippen molar-refractivity contribution in [2.75, 3.05) is 0 Å². The second kappa shape index (κ2) is 4.42. The van der Waals surface area contributed by atoms with Gasteiger partial charge in [-0.25, -0.2) is 0 Å². The first-order valence-electron chi connectivity index (χ1n) is 4.87. The molecule has 1 aliphatic carbocycles. The van der Waals surface area contributed by atoms with E-state index in [0.29, 0.717) is 16.6 Å². The van der Waals surface area contributed by atoms with Gasteiger partial charge in [-0.15, -0.1) is 11.6 Å². The molecule has 1 aromatic rings. The van der Waals surface area contributed by atoms with E-state index >= 15 is 0 Å². The summed E-state index contributed by atoms with van der Waals surface area (Å²) in [6, 6.07) is 7.46. The van der Waals surface area contributed by atoms with Gasteiger partial charge in [0.1, 0.15) is 5.38 Å². The molecule has 1 amide bonds. The number of benzene rings is 1. The lowest BCUT2D eigenvalue weighted by Crippen LogP contribution is -2.28. The van der Waals surface area contributed by atoms with Crippen LogP contribution in [0.1, 0.15) is 23.8 Å². The quantitative estimate of drug-likeness (QED) is 0.814. The van der Waals surface area contributed by atoms with Crippen LogP contribution in [-0.4, -0.2) is 11.9 Å². The van der Waals surface area contributed by atoms with Crippen molar-refractivity contribution in [3.05, 3.63) is 34.9 Å². The molecule has 2 nitrogen and oxygen atoms in total. The molecule has 0 heterocycles. The Morgan fingerprint density at radius 2 is 2.07 bits per heavy atom. The van der Waals surface area contributed by atoms with Gasteiger partial charge in [0.05, 0.1) is 0 Å². The monoisotopic (exact) mass is 243 g/mol. The van der Waals surface area contributed by atoms with Gasteiger partial charge in [-0.05, 0) is 24.5 Å². The zero-order chi connectivity index (χ0) is 10.8. The summed E-state index contributed by atoms with van der Waals surface area (Å²) in [7, 11) is 0. The predicted octanol–water partition coefficient (Wildman–Crippen LogP) is 2.90. The molecule has 2 rings (SSSR count). The highest BCUT2D eigenvalue weighted by Gasteiger charge is 2.27. The van der Waals surface area contributed by atoms with Crippen molar-refractivity contribution in [3.63, 3.8) is 0 Å². The van der Waals surface area contributed by atoms with Crippen molar-refractivity contribution in [3.8, 4) is 0 Å². The van der Waals surface area contributed by atoms with E-state index in [-0.39, 0.29) is 5.91 Å². The zero-order valence-corrected chi connectivity index (χ0v) is 9.55. The minimum Gasteiger partial charge on any atom is -0.352 e. The van der Waals surface area contributed by atoms with E-state index in [4.69, 9.17) is 23.2 Å². The Bertz CT molecular complexity index is 377. The Morgan fingerprint density at radius 3 is 2.67 bits per heavy atom. The van der Waals surface area contributed by atoms with Gasteiger partial charge in [-0.3, -0.25) is 4.79 Å². The van der Waals surface area contributed by atoms with E-state index in [9.17, 15) is 4.79 Å². The molecule has 0 bridgehead atoms. The van der Waals surface area contributed by atoms with Crippen LogP contribution in [0.4, 0.5) is 0 Å². The summed E-state index contributed by atoms with van der Waals surface area (Å²) in [5.41, 5.74) is 0.666. The molecule has 15 heavy (non-hydrogen) atoms. The van der Waals surface area contributed by atoms with Gasteiger partial charge in [0.15, 0.2) is 0 Å². The van der Waals surface area contributed by atoms with Crippen LogP contribution < -0.4 is 5.32 Å². The third kappa shape index (κ3) is 2.64. The first kappa shape index (κ1) is 10.8. The molecule has 0 aliphatic heterocycles. The maximum atomic E-state index is 11.6. The molecule has 1 N–H and O–H groups in total. The fourth-order valence-corrected chi connectivity index (χ4v) is 1.88. The number of carbonyl (C=O) groups excluding carboxylic acids is 1. The molecule has 1 fully saturated rings. The van der Waals surface area contributed by atoms with Crippen molar-refractivity contribution in [1.82, 2.24) is 5.32 Å². The molecule has 1 atom stereocenters. The van der Waals surface area contributed by atoms with E-state index < -0.39 is 5.38 Å². The number of amides is 1. The van der Waals surface area contributed by atoms with Crippen LogP contribution in [0.3, 0.4) is 0 Å². The Labute approximate surface area is 98.6 Å². The van der Waals surface area contributed by atoms with E-state index in [1.807, 2.05) is 12.1 Å². The van der Waals surface area contributed by atoms with Crippen molar-refractivity contribution in [2.45, 2.75) is 24.3 Å². The fraction of sp³-hybridized carbons (Fsp3) is 0.364. The molecule has 1 unspecified atom stereocenters. The van der Waals surface area contributed by atoms with E-state index in [2.05, 4.69) is 5.32 Å². The summed E-state index contributed by atoms with van der Waals surface area (Å²) >= 11 is 12.0. The van der Waals surface area contributed by atoms with Gasteiger partial charge in [0.2, 0.25) is 5.91 Å². The number of nitrogens with one attached hydrogen (secondary N) is 1. The second-order valence-electron chi connectivity index (χ2n) is 3.67. The molecule has 1 saturated carbocycles. The molecule has 0 spiro atoms. The summed E-state index contributed by atoms with van der Waals surface area (Å²) in [5.74, 6) is -0.160. The van der Waals surface area contributed by atoms with Gasteiger partial charge < -0.3 is 5.32 Å². The third-order valence-corrected chi connectivity index (χ3v) is 3.11. The first-order chi connectivity index (χ1) is 7.18. The Morgan fingerprint density at radius 1 is 1.40 bits per heavy atom. The normalized spacial score (nSPS) is 17.2. The van der Waals surface area contributed by atoms with Crippen molar-refractivity contribution in [2.24, 2.45) is 0 Å². The van der Waals surface area contributed by atoms with E-state index in [1.165, 1.54) is 0 Å². The van der Waals surface area contributed by atoms with Crippen LogP contribution in [-0.2, 0) is 4.79 Å². The van der Waals surface area contributed by atoms with Crippen LogP contribution in [0, 0.1) is 0 Å². The molecule has 1 aromatic carbocycles. The second-order valence-corrected chi connectivity index (χ2v) is 4.51. The molecule has 80 valence electrons. The van der Waals surface area contributed by atoms with Crippen molar-refractivity contribution >= 4 is 29.1 Å². The Hall–Kier alpha value is -0.730.